The quantitative estimate of drug-likeness (QED) is 0.0520. The lowest BCUT2D eigenvalue weighted by Crippen LogP contribution is -2.34. The van der Waals surface area contributed by atoms with Crippen LogP contribution in [0, 0.1) is 0 Å². The van der Waals surface area contributed by atoms with Crippen LogP contribution < -0.4 is 46.1 Å². The lowest BCUT2D eigenvalue weighted by Gasteiger charge is -2.11. The Morgan fingerprint density at radius 3 is 1.36 bits per heavy atom. The van der Waals surface area contributed by atoms with Gasteiger partial charge in [-0.3, -0.25) is 14.4 Å². The lowest BCUT2D eigenvalue weighted by molar-refractivity contribution is 0.0940. The van der Waals surface area contributed by atoms with Gasteiger partial charge < -0.3 is 60.3 Å². The average Bonchev–Trinajstić information content (AvgIpc) is 1.60. The third-order valence-corrected chi connectivity index (χ3v) is 18.4. The molecule has 3 amide bonds. The fraction of sp³-hybridized carbons (Fsp3) is 0.273. The molecule has 0 fully saturated rings. The number of halogens is 3. The summed E-state index contributed by atoms with van der Waals surface area (Å²) >= 11 is 21.6. The number of fused-ring (bicyclic) bond motifs is 15. The molecule has 24 nitrogen and oxygen atoms in total. The van der Waals surface area contributed by atoms with Gasteiger partial charge in [-0.1, -0.05) is 0 Å². The van der Waals surface area contributed by atoms with E-state index < -0.39 is 63.2 Å². The molecule has 12 aromatic rings. The van der Waals surface area contributed by atoms with Crippen molar-refractivity contribution in [2.24, 2.45) is 0 Å². The SMILES string of the molecule is [2H]C([2H])(OC([2H])([2H])C([2H])([2H])[2H])c1cnc(Cl)nc1Oc1ccc2c(ccc3sc4c(c32)NC[C@@H](C)NC4=O)n1.[2H]C([2H])(OCC)c1cnc(Cl)nc1Oc1ccc2c(ccc3sc4c(c32)NC[C@@H](C)NC4=O)n1.[2H]C([2H])([2H])C1([2H])NC(=O)c2sc3ccc4nc(Oc5nc(Cl)ncc5COCC)ccc4c3c2NC1([2H])[2H]. The van der Waals surface area contributed by atoms with E-state index >= 15 is 0 Å². The number of nitrogens with one attached hydrogen (secondary N) is 6. The maximum Gasteiger partial charge on any atom is 0.263 e. The van der Waals surface area contributed by atoms with Gasteiger partial charge in [0.1, 0.15) is 14.6 Å². The molecule has 3 aliphatic heterocycles. The molecule has 0 spiro atoms. The van der Waals surface area contributed by atoms with Gasteiger partial charge in [-0.15, -0.1) is 34.0 Å². The predicted molar refractivity (Wildman–Crippen MR) is 375 cm³/mol. The molecular weight excluding hydrogens is 1350 g/mol. The largest absolute Gasteiger partial charge is 0.420 e. The van der Waals surface area contributed by atoms with Crippen molar-refractivity contribution in [1.82, 2.24) is 60.8 Å². The number of aromatic nitrogens is 9. The first-order valence-electron chi connectivity index (χ1n) is 36.6. The highest BCUT2D eigenvalue weighted by molar-refractivity contribution is 7.22. The molecule has 0 radical (unpaired) electrons. The number of carbonyl (C=O) groups is 3. The number of hydrogen-bond donors (Lipinski definition) is 6. The first-order chi connectivity index (χ1) is 52.3. The number of thiophene rings is 3. The Bertz CT molecular complexity index is 5720. The summed E-state index contributed by atoms with van der Waals surface area (Å²) in [6.07, 6.45) is 3.66. The highest BCUT2D eigenvalue weighted by Gasteiger charge is 2.29. The van der Waals surface area contributed by atoms with E-state index in [2.05, 4.69) is 76.8 Å². The van der Waals surface area contributed by atoms with Crippen molar-refractivity contribution in [3.63, 3.8) is 0 Å². The van der Waals surface area contributed by atoms with E-state index in [4.69, 9.17) is 83.8 Å². The van der Waals surface area contributed by atoms with Crippen molar-refractivity contribution in [3.05, 3.63) is 139 Å². The van der Waals surface area contributed by atoms with E-state index in [1.54, 1.807) is 49.4 Å². The van der Waals surface area contributed by atoms with Gasteiger partial charge in [0.15, 0.2) is 0 Å². The second-order valence-electron chi connectivity index (χ2n) is 20.9. The van der Waals surface area contributed by atoms with Crippen LogP contribution in [-0.2, 0) is 33.9 Å². The van der Waals surface area contributed by atoms with Crippen LogP contribution in [0.5, 0.6) is 35.3 Å². The van der Waals surface area contributed by atoms with E-state index in [-0.39, 0.29) is 98.5 Å². The first kappa shape index (κ1) is 49.5. The number of ether oxygens (including phenoxy) is 6. The number of rotatable bonds is 15. The summed E-state index contributed by atoms with van der Waals surface area (Å²) in [5.74, 6) is -1.05. The highest BCUT2D eigenvalue weighted by atomic mass is 35.5. The molecule has 3 aromatic carbocycles. The zero-order valence-corrected chi connectivity index (χ0v) is 55.1. The van der Waals surface area contributed by atoms with E-state index in [1.807, 2.05) is 45.0 Å². The van der Waals surface area contributed by atoms with Crippen LogP contribution in [0.2, 0.25) is 15.9 Å². The number of anilines is 3. The highest BCUT2D eigenvalue weighted by Crippen LogP contribution is 2.45. The number of nitrogens with zero attached hydrogens (tertiary/aromatic N) is 9. The van der Waals surface area contributed by atoms with Crippen molar-refractivity contribution >= 4 is 167 Å². The minimum absolute atomic E-state index is 0.00332. The Morgan fingerprint density at radius 2 is 0.938 bits per heavy atom. The van der Waals surface area contributed by atoms with Crippen LogP contribution in [0.3, 0.4) is 0 Å². The number of hydrogen-bond acceptors (Lipinski definition) is 24. The Hall–Kier alpha value is -9.03. The van der Waals surface area contributed by atoms with Crippen LogP contribution in [0.15, 0.2) is 91.4 Å². The summed E-state index contributed by atoms with van der Waals surface area (Å²) in [5, 5.41) is 21.3. The number of amides is 3. The molecule has 6 N–H and O–H groups in total. The van der Waals surface area contributed by atoms with Crippen LogP contribution in [0.1, 0.15) is 108 Å². The van der Waals surface area contributed by atoms with Crippen molar-refractivity contribution < 1.29 is 63.4 Å². The Kier molecular flexibility index (Phi) is 14.8. The number of benzene rings is 3. The van der Waals surface area contributed by atoms with Crippen molar-refractivity contribution in [2.45, 2.75) is 79.2 Å². The fourth-order valence-electron chi connectivity index (χ4n) is 10.3. The van der Waals surface area contributed by atoms with E-state index in [0.29, 0.717) is 67.0 Å². The molecule has 3 aliphatic rings. The monoisotopic (exact) mass is 1420 g/mol. The molecule has 9 aromatic heterocycles. The number of carbonyl (C=O) groups excluding carboxylic acids is 3. The van der Waals surface area contributed by atoms with Crippen LogP contribution in [-0.4, -0.2) is 120 Å². The van der Waals surface area contributed by atoms with Crippen LogP contribution in [0.25, 0.3) is 63.0 Å². The van der Waals surface area contributed by atoms with Gasteiger partial charge in [-0.2, -0.15) is 15.0 Å². The minimum atomic E-state index is -3.33. The molecule has 0 saturated carbocycles. The van der Waals surface area contributed by atoms with E-state index in [0.717, 1.165) is 59.9 Å². The second-order valence-corrected chi connectivity index (χ2v) is 25.1. The van der Waals surface area contributed by atoms with Gasteiger partial charge in [0.25, 0.3) is 17.7 Å². The molecule has 0 saturated heterocycles. The van der Waals surface area contributed by atoms with E-state index in [1.165, 1.54) is 41.1 Å². The van der Waals surface area contributed by atoms with Gasteiger partial charge in [-0.05, 0) is 131 Å². The third kappa shape index (κ3) is 14.0. The molecular formula is C66H60Cl3N15O9S3. The molecule has 1 unspecified atom stereocenters. The molecule has 3 atom stereocenters. The molecule has 492 valence electrons. The number of pyridine rings is 3. The molecule has 12 heterocycles. The first-order valence-corrected chi connectivity index (χ1v) is 32.7. The van der Waals surface area contributed by atoms with Gasteiger partial charge in [-0.25, -0.2) is 29.9 Å². The maximum absolute atomic E-state index is 13.0. The van der Waals surface area contributed by atoms with Gasteiger partial charge in [0, 0.05) is 149 Å². The zero-order chi connectivity index (χ0) is 79.8. The van der Waals surface area contributed by atoms with Crippen molar-refractivity contribution in [2.75, 3.05) is 55.3 Å². The Morgan fingerprint density at radius 1 is 0.531 bits per heavy atom. The van der Waals surface area contributed by atoms with Crippen LogP contribution in [0.4, 0.5) is 17.1 Å². The summed E-state index contributed by atoms with van der Waals surface area (Å²) in [7, 11) is 0. The molecule has 30 heteroatoms. The Balaban J connectivity index is 0.000000146. The summed E-state index contributed by atoms with van der Waals surface area (Å²) in [6.45, 7) is -8.37. The normalized spacial score (nSPS) is 20.2. The summed E-state index contributed by atoms with van der Waals surface area (Å²) in [4.78, 5) is 76.8. The van der Waals surface area contributed by atoms with E-state index in [9.17, 15) is 14.4 Å². The van der Waals surface area contributed by atoms with Gasteiger partial charge in [0.2, 0.25) is 51.1 Å². The molecule has 15 rings (SSSR count). The molecule has 0 aliphatic carbocycles. The fourth-order valence-corrected chi connectivity index (χ4v) is 13.9. The smallest absolute Gasteiger partial charge is 0.263 e. The van der Waals surface area contributed by atoms with Crippen molar-refractivity contribution in [3.8, 4) is 35.3 Å². The predicted octanol–water partition coefficient (Wildman–Crippen LogP) is 14.3. The van der Waals surface area contributed by atoms with Crippen molar-refractivity contribution in [1.29, 1.82) is 0 Å². The minimum Gasteiger partial charge on any atom is -0.420 e. The van der Waals surface area contributed by atoms with Gasteiger partial charge in [0.05, 0.1) is 82.4 Å². The second kappa shape index (κ2) is 28.7. The summed E-state index contributed by atoms with van der Waals surface area (Å²) < 4.78 is 154. The van der Waals surface area contributed by atoms with Crippen LogP contribution >= 0.6 is 68.8 Å². The summed E-state index contributed by atoms with van der Waals surface area (Å²) in [5.41, 5.74) is 3.32. The van der Waals surface area contributed by atoms with Gasteiger partial charge >= 0.3 is 0 Å². The Labute approximate surface area is 596 Å². The lowest BCUT2D eigenvalue weighted by atomic mass is 10.1. The standard InChI is InChI=1S/3C22H20ClN5O3S/c3*1-3-30-10-12-9-25-22(23)28-21(12)31-16-7-4-13-14(27-16)5-6-15-17(13)18-19(32-15)20(29)26-11(2)8-24-18/h3*4-7,9,11,24H,3,8,10H2,1-2H3,(H,26,29)/t2*11-;/m11./s1/i1D3,3D2,10D2;10D2;2D3,8D2,11D. The zero-order valence-electron chi connectivity index (χ0n) is 65.4. The molecule has 0 bridgehead atoms. The topological polar surface area (TPSA) is 295 Å². The third-order valence-electron chi connectivity index (χ3n) is 14.4. The maximum atomic E-state index is 13.0. The summed E-state index contributed by atoms with van der Waals surface area (Å²) in [6, 6.07) is 17.9. The average molecular weight is 1420 g/mol. The molecule has 96 heavy (non-hydrogen) atoms.